The van der Waals surface area contributed by atoms with Gasteiger partial charge in [-0.25, -0.2) is 4.68 Å². The standard InChI is InChI=1S/C19H17N3O/c1-13-6-5-7-14(10-13)16-11-18(23)21-19-17(16)12-20-22(19)15-8-3-2-4-9-15/h2-10,12,16H,11H2,1H3,(H,21,23). The first-order valence-corrected chi connectivity index (χ1v) is 7.72. The van der Waals surface area contributed by atoms with Crippen molar-refractivity contribution in [3.8, 4) is 5.69 Å². The van der Waals surface area contributed by atoms with Crippen molar-refractivity contribution in [3.63, 3.8) is 0 Å². The molecule has 2 aromatic carbocycles. The van der Waals surface area contributed by atoms with E-state index in [2.05, 4.69) is 35.5 Å². The van der Waals surface area contributed by atoms with Crippen molar-refractivity contribution in [2.45, 2.75) is 19.3 Å². The van der Waals surface area contributed by atoms with E-state index in [1.54, 1.807) is 4.68 Å². The fourth-order valence-electron chi connectivity index (χ4n) is 3.17. The van der Waals surface area contributed by atoms with Gasteiger partial charge in [-0.3, -0.25) is 4.79 Å². The summed E-state index contributed by atoms with van der Waals surface area (Å²) in [4.78, 5) is 12.2. The van der Waals surface area contributed by atoms with Gasteiger partial charge in [0.2, 0.25) is 5.91 Å². The van der Waals surface area contributed by atoms with Crippen LogP contribution in [0.15, 0.2) is 60.8 Å². The van der Waals surface area contributed by atoms with Crippen molar-refractivity contribution < 1.29 is 4.79 Å². The minimum atomic E-state index is 0.0293. The first kappa shape index (κ1) is 13.8. The highest BCUT2D eigenvalue weighted by molar-refractivity contribution is 5.94. The van der Waals surface area contributed by atoms with Crippen LogP contribution in [0.2, 0.25) is 0 Å². The zero-order chi connectivity index (χ0) is 15.8. The average molecular weight is 303 g/mol. The lowest BCUT2D eigenvalue weighted by Gasteiger charge is -2.24. The van der Waals surface area contributed by atoms with Gasteiger partial charge in [-0.2, -0.15) is 5.10 Å². The molecule has 0 radical (unpaired) electrons. The van der Waals surface area contributed by atoms with Gasteiger partial charge in [0, 0.05) is 17.9 Å². The van der Waals surface area contributed by atoms with Crippen LogP contribution < -0.4 is 5.32 Å². The predicted octanol–water partition coefficient (Wildman–Crippen LogP) is 3.65. The normalized spacial score (nSPS) is 16.7. The van der Waals surface area contributed by atoms with Gasteiger partial charge in [0.25, 0.3) is 0 Å². The first-order chi connectivity index (χ1) is 11.2. The second-order valence-electron chi connectivity index (χ2n) is 5.91. The topological polar surface area (TPSA) is 46.9 Å². The molecule has 4 rings (SSSR count). The minimum absolute atomic E-state index is 0.0293. The summed E-state index contributed by atoms with van der Waals surface area (Å²) in [7, 11) is 0. The highest BCUT2D eigenvalue weighted by Crippen LogP contribution is 2.38. The van der Waals surface area contributed by atoms with Crippen molar-refractivity contribution in [2.24, 2.45) is 0 Å². The molecule has 1 aliphatic rings. The number of amides is 1. The molecule has 23 heavy (non-hydrogen) atoms. The highest BCUT2D eigenvalue weighted by atomic mass is 16.1. The summed E-state index contributed by atoms with van der Waals surface area (Å²) < 4.78 is 1.80. The Hall–Kier alpha value is -2.88. The van der Waals surface area contributed by atoms with Crippen LogP contribution in [-0.2, 0) is 4.79 Å². The summed E-state index contributed by atoms with van der Waals surface area (Å²) in [5.41, 5.74) is 4.37. The Morgan fingerprint density at radius 3 is 2.74 bits per heavy atom. The third-order valence-corrected chi connectivity index (χ3v) is 4.27. The van der Waals surface area contributed by atoms with E-state index in [0.717, 1.165) is 22.6 Å². The van der Waals surface area contributed by atoms with Gasteiger partial charge in [-0.1, -0.05) is 48.0 Å². The Labute approximate surface area is 134 Å². The second kappa shape index (κ2) is 5.39. The number of para-hydroxylation sites is 1. The molecule has 4 nitrogen and oxygen atoms in total. The predicted molar refractivity (Wildman–Crippen MR) is 89.8 cm³/mol. The van der Waals surface area contributed by atoms with Crippen LogP contribution in [0.3, 0.4) is 0 Å². The fourth-order valence-corrected chi connectivity index (χ4v) is 3.17. The molecular weight excluding hydrogens is 286 g/mol. The molecule has 1 aromatic heterocycles. The molecule has 3 aromatic rings. The van der Waals surface area contributed by atoms with Crippen LogP contribution in [-0.4, -0.2) is 15.7 Å². The largest absolute Gasteiger partial charge is 0.310 e. The molecule has 0 spiro atoms. The fraction of sp³-hybridized carbons (Fsp3) is 0.158. The first-order valence-electron chi connectivity index (χ1n) is 7.72. The van der Waals surface area contributed by atoms with Crippen molar-refractivity contribution >= 4 is 11.7 Å². The lowest BCUT2D eigenvalue weighted by molar-refractivity contribution is -0.116. The Kier molecular flexibility index (Phi) is 3.23. The number of nitrogens with one attached hydrogen (secondary N) is 1. The molecular formula is C19H17N3O. The van der Waals surface area contributed by atoms with E-state index in [0.29, 0.717) is 6.42 Å². The third-order valence-electron chi connectivity index (χ3n) is 4.27. The molecule has 1 N–H and O–H groups in total. The van der Waals surface area contributed by atoms with E-state index in [4.69, 9.17) is 0 Å². The number of fused-ring (bicyclic) bond motifs is 1. The molecule has 0 aliphatic carbocycles. The van der Waals surface area contributed by atoms with Crippen LogP contribution in [0, 0.1) is 6.92 Å². The second-order valence-corrected chi connectivity index (χ2v) is 5.91. The Morgan fingerprint density at radius 1 is 1.13 bits per heavy atom. The van der Waals surface area contributed by atoms with Gasteiger partial charge >= 0.3 is 0 Å². The number of nitrogens with zero attached hydrogens (tertiary/aromatic N) is 2. The van der Waals surface area contributed by atoms with Crippen molar-refractivity contribution in [1.29, 1.82) is 0 Å². The number of hydrogen-bond donors (Lipinski definition) is 1. The summed E-state index contributed by atoms with van der Waals surface area (Å²) in [5, 5.41) is 7.49. The van der Waals surface area contributed by atoms with E-state index in [1.807, 2.05) is 42.6 Å². The molecule has 0 fully saturated rings. The van der Waals surface area contributed by atoms with Gasteiger partial charge in [0.1, 0.15) is 5.82 Å². The number of carbonyl (C=O) groups excluding carboxylic acids is 1. The van der Waals surface area contributed by atoms with E-state index in [-0.39, 0.29) is 11.8 Å². The Balaban J connectivity index is 1.83. The number of aryl methyl sites for hydroxylation is 1. The molecule has 0 saturated carbocycles. The number of benzene rings is 2. The smallest absolute Gasteiger partial charge is 0.226 e. The highest BCUT2D eigenvalue weighted by Gasteiger charge is 2.30. The van der Waals surface area contributed by atoms with Crippen LogP contribution in [0.25, 0.3) is 5.69 Å². The van der Waals surface area contributed by atoms with Crippen LogP contribution in [0.5, 0.6) is 0 Å². The quantitative estimate of drug-likeness (QED) is 0.785. The van der Waals surface area contributed by atoms with Gasteiger partial charge < -0.3 is 5.32 Å². The summed E-state index contributed by atoms with van der Waals surface area (Å²) in [6.45, 7) is 2.07. The lowest BCUT2D eigenvalue weighted by atomic mass is 9.87. The van der Waals surface area contributed by atoms with Gasteiger partial charge in [0.15, 0.2) is 0 Å². The van der Waals surface area contributed by atoms with Crippen LogP contribution in [0.1, 0.15) is 29.0 Å². The van der Waals surface area contributed by atoms with Crippen LogP contribution >= 0.6 is 0 Å². The average Bonchev–Trinajstić information content (AvgIpc) is 2.98. The summed E-state index contributed by atoms with van der Waals surface area (Å²) in [6.07, 6.45) is 2.33. The lowest BCUT2D eigenvalue weighted by Crippen LogP contribution is -2.24. The SMILES string of the molecule is Cc1cccc(C2CC(=O)Nc3c2cnn3-c2ccccc2)c1. The maximum atomic E-state index is 12.2. The molecule has 114 valence electrons. The van der Waals surface area contributed by atoms with Crippen LogP contribution in [0.4, 0.5) is 5.82 Å². The number of anilines is 1. The van der Waals surface area contributed by atoms with E-state index in [9.17, 15) is 4.79 Å². The third kappa shape index (κ3) is 2.42. The Bertz CT molecular complexity index is 867. The number of rotatable bonds is 2. The molecule has 2 heterocycles. The molecule has 1 atom stereocenters. The maximum Gasteiger partial charge on any atom is 0.226 e. The van der Waals surface area contributed by atoms with Gasteiger partial charge in [-0.05, 0) is 24.6 Å². The molecule has 1 unspecified atom stereocenters. The summed E-state index contributed by atoms with van der Waals surface area (Å²) >= 11 is 0. The van der Waals surface area contributed by atoms with E-state index >= 15 is 0 Å². The molecule has 1 aliphatic heterocycles. The Morgan fingerprint density at radius 2 is 1.96 bits per heavy atom. The van der Waals surface area contributed by atoms with Gasteiger partial charge in [-0.15, -0.1) is 0 Å². The number of carbonyl (C=O) groups is 1. The summed E-state index contributed by atoms with van der Waals surface area (Å²) in [5.74, 6) is 0.858. The monoisotopic (exact) mass is 303 g/mol. The molecule has 1 amide bonds. The van der Waals surface area contributed by atoms with Crippen molar-refractivity contribution in [3.05, 3.63) is 77.5 Å². The zero-order valence-corrected chi connectivity index (χ0v) is 12.9. The maximum absolute atomic E-state index is 12.2. The van der Waals surface area contributed by atoms with E-state index in [1.165, 1.54) is 5.56 Å². The molecule has 0 bridgehead atoms. The van der Waals surface area contributed by atoms with Gasteiger partial charge in [0.05, 0.1) is 11.9 Å². The number of aromatic nitrogens is 2. The molecule has 0 saturated heterocycles. The molecule has 4 heteroatoms. The van der Waals surface area contributed by atoms with E-state index < -0.39 is 0 Å². The minimum Gasteiger partial charge on any atom is -0.310 e. The van der Waals surface area contributed by atoms with Crippen molar-refractivity contribution in [2.75, 3.05) is 5.32 Å². The number of hydrogen-bond acceptors (Lipinski definition) is 2. The summed E-state index contributed by atoms with van der Waals surface area (Å²) in [6, 6.07) is 18.2. The zero-order valence-electron chi connectivity index (χ0n) is 12.9. The van der Waals surface area contributed by atoms with Crippen molar-refractivity contribution in [1.82, 2.24) is 9.78 Å².